The number of hydrogen-bond donors (Lipinski definition) is 0. The Balaban J connectivity index is 1.89. The predicted molar refractivity (Wildman–Crippen MR) is 92.0 cm³/mol. The molecule has 0 N–H and O–H groups in total. The Morgan fingerprint density at radius 2 is 1.74 bits per heavy atom. The van der Waals surface area contributed by atoms with Crippen molar-refractivity contribution in [1.29, 1.82) is 0 Å². The van der Waals surface area contributed by atoms with Crippen LogP contribution >= 0.6 is 23.2 Å². The van der Waals surface area contributed by atoms with Gasteiger partial charge < -0.3 is 0 Å². The number of benzene rings is 2. The summed E-state index contributed by atoms with van der Waals surface area (Å²) in [5, 5.41) is 9.16. The molecule has 2 aromatic heterocycles. The lowest BCUT2D eigenvalue weighted by molar-refractivity contribution is 1.09. The van der Waals surface area contributed by atoms with Crippen molar-refractivity contribution in [2.75, 3.05) is 0 Å². The molecular weight excluding hydrogens is 333 g/mol. The molecule has 0 aliphatic heterocycles. The molecule has 23 heavy (non-hydrogen) atoms. The fourth-order valence-corrected chi connectivity index (χ4v) is 2.64. The van der Waals surface area contributed by atoms with Gasteiger partial charge in [0, 0.05) is 11.2 Å². The van der Waals surface area contributed by atoms with Crippen molar-refractivity contribution >= 4 is 52.0 Å². The summed E-state index contributed by atoms with van der Waals surface area (Å²) < 4.78 is 1.79. The smallest absolute Gasteiger partial charge is 0.255 e. The Bertz CT molecular complexity index is 1040. The topological polar surface area (TPSA) is 55.4 Å². The summed E-state index contributed by atoms with van der Waals surface area (Å²) in [4.78, 5) is 8.74. The zero-order chi connectivity index (χ0) is 15.8. The highest BCUT2D eigenvalue weighted by molar-refractivity contribution is 6.32. The quantitative estimate of drug-likeness (QED) is 0.509. The van der Waals surface area contributed by atoms with E-state index in [4.69, 9.17) is 23.2 Å². The van der Waals surface area contributed by atoms with Gasteiger partial charge in [0.15, 0.2) is 5.15 Å². The maximum atomic E-state index is 6.18. The summed E-state index contributed by atoms with van der Waals surface area (Å²) in [6.45, 7) is 0. The molecule has 0 spiro atoms. The number of aliphatic imine (C=N–C) groups is 1. The molecule has 7 heteroatoms. The Kier molecular flexibility index (Phi) is 3.44. The van der Waals surface area contributed by atoms with Gasteiger partial charge in [-0.1, -0.05) is 47.5 Å². The first kappa shape index (κ1) is 14.1. The van der Waals surface area contributed by atoms with Gasteiger partial charge in [0.2, 0.25) is 5.65 Å². The normalized spacial score (nSPS) is 11.7. The zero-order valence-electron chi connectivity index (χ0n) is 11.7. The van der Waals surface area contributed by atoms with Crippen molar-refractivity contribution in [2.24, 2.45) is 4.99 Å². The van der Waals surface area contributed by atoms with Crippen LogP contribution in [0.5, 0.6) is 0 Å². The molecule has 0 unspecified atom stereocenters. The third-order valence-corrected chi connectivity index (χ3v) is 3.88. The number of halogens is 2. The van der Waals surface area contributed by atoms with Gasteiger partial charge in [0.25, 0.3) is 5.95 Å². The van der Waals surface area contributed by atoms with E-state index in [1.165, 1.54) is 0 Å². The number of nitrogens with zero attached hydrogens (tertiary/aromatic N) is 5. The van der Waals surface area contributed by atoms with Crippen LogP contribution in [0.15, 0.2) is 53.5 Å². The van der Waals surface area contributed by atoms with Gasteiger partial charge in [-0.15, -0.1) is 10.2 Å². The maximum Gasteiger partial charge on any atom is 0.255 e. The Morgan fingerprint density at radius 1 is 0.957 bits per heavy atom. The lowest BCUT2D eigenvalue weighted by Gasteiger charge is -2.02. The van der Waals surface area contributed by atoms with E-state index in [0.717, 1.165) is 16.6 Å². The molecule has 0 aliphatic rings. The highest BCUT2D eigenvalue weighted by Crippen LogP contribution is 2.24. The zero-order valence-corrected chi connectivity index (χ0v) is 13.2. The van der Waals surface area contributed by atoms with Crippen molar-refractivity contribution in [1.82, 2.24) is 19.6 Å². The van der Waals surface area contributed by atoms with Crippen molar-refractivity contribution in [3.05, 3.63) is 64.3 Å². The molecule has 0 aliphatic carbocycles. The van der Waals surface area contributed by atoms with Crippen LogP contribution in [0.2, 0.25) is 10.2 Å². The highest BCUT2D eigenvalue weighted by Gasteiger charge is 2.12. The van der Waals surface area contributed by atoms with Gasteiger partial charge in [0.1, 0.15) is 0 Å². The van der Waals surface area contributed by atoms with Crippen LogP contribution in [0.3, 0.4) is 0 Å². The SMILES string of the molecule is Clc1ccc(/C=N/c2nnc3c(Cl)nc4ccccc4n23)cc1. The summed E-state index contributed by atoms with van der Waals surface area (Å²) in [7, 11) is 0. The average molecular weight is 342 g/mol. The van der Waals surface area contributed by atoms with Crippen molar-refractivity contribution < 1.29 is 0 Å². The molecule has 112 valence electrons. The molecule has 0 atom stereocenters. The van der Waals surface area contributed by atoms with Crippen LogP contribution in [0.1, 0.15) is 5.56 Å². The maximum absolute atomic E-state index is 6.18. The first-order valence-corrected chi connectivity index (χ1v) is 7.57. The van der Waals surface area contributed by atoms with Crippen LogP contribution in [-0.4, -0.2) is 25.8 Å². The van der Waals surface area contributed by atoms with E-state index < -0.39 is 0 Å². The van der Waals surface area contributed by atoms with Crippen molar-refractivity contribution in [2.45, 2.75) is 0 Å². The van der Waals surface area contributed by atoms with Gasteiger partial charge in [-0.05, 0) is 29.8 Å². The number of aromatic nitrogens is 4. The first-order chi connectivity index (χ1) is 11.2. The number of para-hydroxylation sites is 2. The summed E-state index contributed by atoms with van der Waals surface area (Å²) in [5.41, 5.74) is 3.00. The molecule has 0 amide bonds. The Morgan fingerprint density at radius 3 is 2.57 bits per heavy atom. The van der Waals surface area contributed by atoms with Crippen LogP contribution in [0.25, 0.3) is 16.7 Å². The summed E-state index contributed by atoms with van der Waals surface area (Å²) in [6.07, 6.45) is 1.70. The van der Waals surface area contributed by atoms with Gasteiger partial charge >= 0.3 is 0 Å². The fraction of sp³-hybridized carbons (Fsp3) is 0. The van der Waals surface area contributed by atoms with E-state index in [1.807, 2.05) is 36.4 Å². The van der Waals surface area contributed by atoms with Gasteiger partial charge in [-0.3, -0.25) is 4.40 Å². The van der Waals surface area contributed by atoms with Crippen LogP contribution < -0.4 is 0 Å². The largest absolute Gasteiger partial charge is 0.255 e. The second-order valence-corrected chi connectivity index (χ2v) is 5.65. The molecule has 5 nitrogen and oxygen atoms in total. The minimum Gasteiger partial charge on any atom is -0.255 e. The molecule has 0 radical (unpaired) electrons. The van der Waals surface area contributed by atoms with Crippen LogP contribution in [0, 0.1) is 0 Å². The number of rotatable bonds is 2. The second-order valence-electron chi connectivity index (χ2n) is 4.86. The van der Waals surface area contributed by atoms with E-state index in [1.54, 1.807) is 22.7 Å². The highest BCUT2D eigenvalue weighted by atomic mass is 35.5. The molecule has 0 saturated carbocycles. The van der Waals surface area contributed by atoms with Gasteiger partial charge in [-0.2, -0.15) is 0 Å². The van der Waals surface area contributed by atoms with Gasteiger partial charge in [0.05, 0.1) is 11.0 Å². The molecule has 4 aromatic rings. The summed E-state index contributed by atoms with van der Waals surface area (Å²) >= 11 is 12.1. The Hall–Kier alpha value is -2.50. The van der Waals surface area contributed by atoms with Gasteiger partial charge in [-0.25, -0.2) is 9.98 Å². The predicted octanol–water partition coefficient (Wildman–Crippen LogP) is 4.33. The summed E-state index contributed by atoms with van der Waals surface area (Å²) in [6, 6.07) is 15.0. The molecule has 0 saturated heterocycles. The lowest BCUT2D eigenvalue weighted by atomic mass is 10.2. The van der Waals surface area contributed by atoms with Crippen molar-refractivity contribution in [3.63, 3.8) is 0 Å². The minimum atomic E-state index is 0.296. The lowest BCUT2D eigenvalue weighted by Crippen LogP contribution is -1.92. The van der Waals surface area contributed by atoms with Crippen LogP contribution in [0.4, 0.5) is 5.95 Å². The minimum absolute atomic E-state index is 0.296. The summed E-state index contributed by atoms with van der Waals surface area (Å²) in [5.74, 6) is 0.440. The molecule has 4 rings (SSSR count). The van der Waals surface area contributed by atoms with E-state index >= 15 is 0 Å². The third kappa shape index (κ3) is 2.54. The first-order valence-electron chi connectivity index (χ1n) is 6.81. The molecule has 2 aromatic carbocycles. The van der Waals surface area contributed by atoms with Crippen molar-refractivity contribution in [3.8, 4) is 0 Å². The molecular formula is C16H9Cl2N5. The van der Waals surface area contributed by atoms with E-state index in [2.05, 4.69) is 20.2 Å². The van der Waals surface area contributed by atoms with E-state index in [-0.39, 0.29) is 0 Å². The number of hydrogen-bond acceptors (Lipinski definition) is 4. The fourth-order valence-electron chi connectivity index (χ4n) is 2.30. The monoisotopic (exact) mass is 341 g/mol. The van der Waals surface area contributed by atoms with E-state index in [0.29, 0.717) is 21.8 Å². The molecule has 2 heterocycles. The average Bonchev–Trinajstić information content (AvgIpc) is 2.99. The molecule has 0 fully saturated rings. The third-order valence-electron chi connectivity index (χ3n) is 3.37. The Labute approximate surface area is 141 Å². The van der Waals surface area contributed by atoms with E-state index in [9.17, 15) is 0 Å². The second kappa shape index (κ2) is 5.61. The number of fused-ring (bicyclic) bond motifs is 3. The van der Waals surface area contributed by atoms with Crippen LogP contribution in [-0.2, 0) is 0 Å². The standard InChI is InChI=1S/C16H9Cl2N5/c17-11-7-5-10(6-8-11)9-19-16-22-21-15-14(18)20-12-3-1-2-4-13(12)23(15)16/h1-9H/b19-9+. The molecule has 0 bridgehead atoms.